The van der Waals surface area contributed by atoms with Crippen LogP contribution < -0.4 is 0 Å². The molecule has 33 aromatic rings. The molecule has 0 N–H and O–H groups in total. The highest BCUT2D eigenvalue weighted by Gasteiger charge is 2.31. The highest BCUT2D eigenvalue weighted by Crippen LogP contribution is 2.52. The van der Waals surface area contributed by atoms with Gasteiger partial charge < -0.3 is 41.0 Å². The van der Waals surface area contributed by atoms with Crippen molar-refractivity contribution in [2.75, 3.05) is 0 Å². The number of fused-ring (bicyclic) bond motifs is 40. The fraction of sp³-hybridized carbons (Fsp3) is 0.0504. The van der Waals surface area contributed by atoms with Gasteiger partial charge in [0.1, 0.15) is 5.58 Å². The molecule has 1 aliphatic rings. The van der Waals surface area contributed by atoms with Crippen LogP contribution in [-0.2, 0) is 42.3 Å². The summed E-state index contributed by atoms with van der Waals surface area (Å²) < 4.78 is 30.3. The van der Waals surface area contributed by atoms with Gasteiger partial charge in [-0.15, -0.1) is 22.7 Å². The maximum atomic E-state index is 6.16. The molecule has 712 valence electrons. The van der Waals surface area contributed by atoms with Crippen LogP contribution in [0, 0.1) is 0 Å². The van der Waals surface area contributed by atoms with Gasteiger partial charge in [0.25, 0.3) is 0 Å². The number of thiophene rings is 2. The van der Waals surface area contributed by atoms with Gasteiger partial charge in [0.15, 0.2) is 5.58 Å². The SMILES string of the molecule is Cn1c2ccccc2c2cc(-c3ccc4c(c3)-c3ccccc3C4c3ccccc3)ccc21.Cn1c2ccccc2c2cc(-n3c4ccccc4c4ccccc43)ccc21.Cn1c2ccccc2c2ccc3c4ccccc4n(-c4ccccc4)c3c21.Cn1c2ccccc2c2ccc3c4ccccc4oc3c21.Cn1c2ccccc2c2ccc3c4ccccc4sc3c21.Cn1c2ccccc2c2ccc3sc4ccccc4c3c21. The molecule has 9 nitrogen and oxygen atoms in total. The molecule has 0 radical (unpaired) electrons. The number of benzene rings is 22. The van der Waals surface area contributed by atoms with Crippen molar-refractivity contribution in [2.24, 2.45) is 42.3 Å². The highest BCUT2D eigenvalue weighted by molar-refractivity contribution is 7.27. The first-order valence-electron chi connectivity index (χ1n) is 51.5. The number of para-hydroxylation sites is 11. The minimum atomic E-state index is 0.298. The van der Waals surface area contributed by atoms with Crippen LogP contribution in [0.5, 0.6) is 0 Å². The van der Waals surface area contributed by atoms with Gasteiger partial charge in [-0.05, 0) is 172 Å². The first kappa shape index (κ1) is 88.0. The Kier molecular flexibility index (Phi) is 20.6. The van der Waals surface area contributed by atoms with E-state index in [1.54, 1.807) is 0 Å². The third-order valence-electron chi connectivity index (χ3n) is 32.0. The third-order valence-corrected chi connectivity index (χ3v) is 34.3. The topological polar surface area (TPSA) is 52.6 Å². The average molecular weight is 1960 g/mol. The molecule has 0 aliphatic heterocycles. The lowest BCUT2D eigenvalue weighted by molar-refractivity contribution is 0.670. The van der Waals surface area contributed by atoms with E-state index in [2.05, 4.69) is 546 Å². The van der Waals surface area contributed by atoms with Crippen molar-refractivity contribution in [1.29, 1.82) is 0 Å². The fourth-order valence-corrected chi connectivity index (χ4v) is 27.5. The molecule has 0 amide bonds. The van der Waals surface area contributed by atoms with E-state index in [1.807, 2.05) is 34.8 Å². The second kappa shape index (κ2) is 35.1. The number of hydrogen-bond donors (Lipinski definition) is 0. The van der Waals surface area contributed by atoms with Crippen molar-refractivity contribution < 1.29 is 4.42 Å². The van der Waals surface area contributed by atoms with Crippen molar-refractivity contribution in [3.63, 3.8) is 0 Å². The lowest BCUT2D eigenvalue weighted by Gasteiger charge is -2.14. The zero-order chi connectivity index (χ0) is 99.8. The molecule has 11 aromatic heterocycles. The fourth-order valence-electron chi connectivity index (χ4n) is 25.1. The van der Waals surface area contributed by atoms with Crippen molar-refractivity contribution in [3.8, 4) is 33.6 Å². The molecule has 0 saturated carbocycles. The summed E-state index contributed by atoms with van der Waals surface area (Å²) in [7, 11) is 12.9. The van der Waals surface area contributed by atoms with Crippen LogP contribution >= 0.6 is 22.7 Å². The van der Waals surface area contributed by atoms with Crippen molar-refractivity contribution in [2.45, 2.75) is 5.92 Å². The monoisotopic (exact) mass is 1960 g/mol. The Hall–Kier alpha value is -18.5. The number of hydrogen-bond acceptors (Lipinski definition) is 3. The molecule has 11 heterocycles. The minimum Gasteiger partial charge on any atom is -0.454 e. The van der Waals surface area contributed by atoms with Gasteiger partial charge in [0, 0.05) is 236 Å². The van der Waals surface area contributed by atoms with Gasteiger partial charge in [-0.2, -0.15) is 0 Å². The van der Waals surface area contributed by atoms with Crippen molar-refractivity contribution in [3.05, 3.63) is 496 Å². The van der Waals surface area contributed by atoms with E-state index in [1.165, 1.54) is 276 Å². The van der Waals surface area contributed by atoms with Gasteiger partial charge in [-0.25, -0.2) is 0 Å². The lowest BCUT2D eigenvalue weighted by atomic mass is 9.89. The smallest absolute Gasteiger partial charge is 0.159 e. The van der Waals surface area contributed by atoms with E-state index in [-0.39, 0.29) is 0 Å². The molecule has 1 unspecified atom stereocenters. The van der Waals surface area contributed by atoms with Gasteiger partial charge >= 0.3 is 0 Å². The number of rotatable bonds is 4. The van der Waals surface area contributed by atoms with E-state index in [0.717, 1.165) is 11.2 Å². The molecule has 0 spiro atoms. The van der Waals surface area contributed by atoms with Crippen molar-refractivity contribution >= 4 is 259 Å². The standard InChI is InChI=1S/C32H23N.2C25H18N2.C19H13NO.2C19H13NS/c1-33-30-14-8-7-12-25(30)29-20-23(16-18-31(29)33)22-15-17-27-28(19-22)24-11-5-6-13-26(24)32(27)21-9-3-2-4-10-21;1-26-22-11-5-2-10-20(22)21-16-17(14-15-23(21)26)27-24-12-6-3-8-18(24)19-9-4-7-13-25(19)27;1-26-22-13-7-5-11-18(22)20-15-16-21-19-12-6-8-14-23(19)27(25(21)24(20)26)17-9-3-2-4-10-17;1-20-16-8-4-2-6-12(16)14-10-11-15-13-7-3-5-9-17(13)21-19(15)18(14)20;1-20-15-8-4-2-6-12(15)13-10-11-17-18(19(13)20)14-7-3-5-9-16(14)21-17;1-20-16-8-4-2-6-12(16)14-10-11-15-13-7-3-5-9-17(13)21-19(15)18(14)20/h2-20,32H,1H3;2*2-16H,1H3;3*2-11H,1H3. The number of aryl methyl sites for hydroxylation is 6. The van der Waals surface area contributed by atoms with Gasteiger partial charge in [-0.1, -0.05) is 346 Å². The summed E-state index contributed by atoms with van der Waals surface area (Å²) in [5.41, 5.74) is 34.1. The minimum absolute atomic E-state index is 0.298. The Morgan fingerprint density at radius 2 is 0.560 bits per heavy atom. The molecule has 1 aliphatic carbocycles. The summed E-state index contributed by atoms with van der Waals surface area (Å²) in [6, 6.07) is 173. The summed E-state index contributed by atoms with van der Waals surface area (Å²) in [5.74, 6) is 0.298. The van der Waals surface area contributed by atoms with E-state index < -0.39 is 0 Å². The Labute approximate surface area is 871 Å². The van der Waals surface area contributed by atoms with Crippen LogP contribution in [0.2, 0.25) is 0 Å². The molecule has 0 bridgehead atoms. The molecular formula is C139H98N8OS2. The summed E-state index contributed by atoms with van der Waals surface area (Å²) in [6.07, 6.45) is 0. The molecule has 0 saturated heterocycles. The number of furan rings is 1. The van der Waals surface area contributed by atoms with E-state index in [0.29, 0.717) is 5.92 Å². The van der Waals surface area contributed by atoms with Crippen LogP contribution in [0.3, 0.4) is 0 Å². The maximum absolute atomic E-state index is 6.16. The summed E-state index contributed by atoms with van der Waals surface area (Å²) in [6.45, 7) is 0. The quantitative estimate of drug-likeness (QED) is 0.173. The van der Waals surface area contributed by atoms with E-state index >= 15 is 0 Å². The van der Waals surface area contributed by atoms with Gasteiger partial charge in [0.05, 0.1) is 48.8 Å². The predicted molar refractivity (Wildman–Crippen MR) is 643 cm³/mol. The Morgan fingerprint density at radius 3 is 1.15 bits per heavy atom. The Morgan fingerprint density at radius 1 is 0.193 bits per heavy atom. The predicted octanol–water partition coefficient (Wildman–Crippen LogP) is 37.6. The van der Waals surface area contributed by atoms with Gasteiger partial charge in [-0.3, -0.25) is 0 Å². The molecule has 0 fully saturated rings. The first-order chi connectivity index (χ1) is 74.0. The second-order valence-corrected chi connectivity index (χ2v) is 42.0. The summed E-state index contributed by atoms with van der Waals surface area (Å²) >= 11 is 3.78. The highest BCUT2D eigenvalue weighted by atomic mass is 32.1. The number of nitrogens with zero attached hydrogens (tertiary/aromatic N) is 8. The van der Waals surface area contributed by atoms with Crippen LogP contribution in [0.15, 0.2) is 484 Å². The molecule has 150 heavy (non-hydrogen) atoms. The third kappa shape index (κ3) is 13.7. The molecule has 1 atom stereocenters. The van der Waals surface area contributed by atoms with Crippen LogP contribution in [0.25, 0.3) is 270 Å². The maximum Gasteiger partial charge on any atom is 0.159 e. The lowest BCUT2D eigenvalue weighted by Crippen LogP contribution is -1.98. The van der Waals surface area contributed by atoms with Crippen LogP contribution in [-0.4, -0.2) is 36.5 Å². The first-order valence-corrected chi connectivity index (χ1v) is 53.1. The Bertz CT molecular complexity index is 11100. The normalized spacial score (nSPS) is 12.5. The molecular weight excluding hydrogens is 1860 g/mol. The summed E-state index contributed by atoms with van der Waals surface area (Å²) in [4.78, 5) is 0. The average Bonchev–Trinajstić information content (AvgIpc) is 1.55. The molecule has 11 heteroatoms. The van der Waals surface area contributed by atoms with Crippen LogP contribution in [0.4, 0.5) is 0 Å². The zero-order valence-corrected chi connectivity index (χ0v) is 85.1. The van der Waals surface area contributed by atoms with Gasteiger partial charge in [0.2, 0.25) is 0 Å². The van der Waals surface area contributed by atoms with E-state index in [4.69, 9.17) is 4.42 Å². The largest absolute Gasteiger partial charge is 0.454 e. The molecule has 34 rings (SSSR count). The van der Waals surface area contributed by atoms with Crippen molar-refractivity contribution in [1.82, 2.24) is 36.5 Å². The number of aromatic nitrogens is 8. The van der Waals surface area contributed by atoms with Crippen LogP contribution in [0.1, 0.15) is 22.6 Å². The second-order valence-electron chi connectivity index (χ2n) is 39.8. The molecule has 22 aromatic carbocycles. The Balaban J connectivity index is 0.0000000851. The zero-order valence-electron chi connectivity index (χ0n) is 83.5. The summed E-state index contributed by atoms with van der Waals surface area (Å²) in [5, 5.41) is 28.8. The van der Waals surface area contributed by atoms with E-state index in [9.17, 15) is 0 Å².